The van der Waals surface area contributed by atoms with Crippen LogP contribution < -0.4 is 28.6 Å². The maximum absolute atomic E-state index is 14.8. The fourth-order valence-corrected chi connectivity index (χ4v) is 7.07. The standard InChI is InChI=1S/C38H44BrN3O8S/c1-26(2)23-40-38(44)33(20-27-10-8-7-9-11-27)41(24-28-12-14-29(39)15-13-28)37(43)25-42(32-21-30(47-3)16-18-34(32)48-4)51(45,46)31-17-19-35(49-5)36(22-31)50-6/h7-19,21-22,26,33H,20,23-25H2,1-6H3,(H,40,44)/t33-/m1/s1. The van der Waals surface area contributed by atoms with Crippen LogP contribution in [0.3, 0.4) is 0 Å². The Kier molecular flexibility index (Phi) is 13.7. The third-order valence-electron chi connectivity index (χ3n) is 8.10. The summed E-state index contributed by atoms with van der Waals surface area (Å²) in [5.41, 5.74) is 1.64. The van der Waals surface area contributed by atoms with Crippen molar-refractivity contribution in [3.05, 3.63) is 107 Å². The van der Waals surface area contributed by atoms with Gasteiger partial charge in [-0.2, -0.15) is 0 Å². The molecule has 51 heavy (non-hydrogen) atoms. The minimum Gasteiger partial charge on any atom is -0.497 e. The second-order valence-electron chi connectivity index (χ2n) is 12.1. The SMILES string of the molecule is COc1ccc(OC)c(N(CC(=O)N(Cc2ccc(Br)cc2)[C@H](Cc2ccccc2)C(=O)NCC(C)C)S(=O)(=O)c2ccc(OC)c(OC)c2)c1. The molecule has 4 rings (SSSR count). The van der Waals surface area contributed by atoms with Crippen LogP contribution in [0.1, 0.15) is 25.0 Å². The summed E-state index contributed by atoms with van der Waals surface area (Å²) in [6, 6.07) is 24.6. The fraction of sp³-hybridized carbons (Fsp3) is 0.316. The van der Waals surface area contributed by atoms with E-state index in [1.807, 2.05) is 68.4 Å². The van der Waals surface area contributed by atoms with Crippen molar-refractivity contribution in [1.29, 1.82) is 0 Å². The summed E-state index contributed by atoms with van der Waals surface area (Å²) in [6.45, 7) is 3.70. The van der Waals surface area contributed by atoms with Gasteiger partial charge in [0.2, 0.25) is 11.8 Å². The number of nitrogens with one attached hydrogen (secondary N) is 1. The number of halogens is 1. The molecule has 11 nitrogen and oxygen atoms in total. The van der Waals surface area contributed by atoms with E-state index in [1.54, 1.807) is 12.1 Å². The molecule has 2 amide bonds. The summed E-state index contributed by atoms with van der Waals surface area (Å²) < 4.78 is 53.0. The van der Waals surface area contributed by atoms with Gasteiger partial charge in [0.25, 0.3) is 10.0 Å². The lowest BCUT2D eigenvalue weighted by Gasteiger charge is -2.34. The monoisotopic (exact) mass is 781 g/mol. The lowest BCUT2D eigenvalue weighted by molar-refractivity contribution is -0.140. The predicted octanol–water partition coefficient (Wildman–Crippen LogP) is 6.09. The molecule has 0 heterocycles. The molecule has 4 aromatic carbocycles. The van der Waals surface area contributed by atoms with Crippen LogP contribution in [0.5, 0.6) is 23.0 Å². The molecule has 272 valence electrons. The molecular weight excluding hydrogens is 738 g/mol. The number of benzene rings is 4. The van der Waals surface area contributed by atoms with Crippen molar-refractivity contribution in [2.75, 3.05) is 45.8 Å². The molecule has 4 aromatic rings. The maximum atomic E-state index is 14.8. The molecule has 0 aliphatic carbocycles. The average Bonchev–Trinajstić information content (AvgIpc) is 3.14. The molecule has 0 unspecified atom stereocenters. The number of rotatable bonds is 17. The summed E-state index contributed by atoms with van der Waals surface area (Å²) in [5.74, 6) is 0.220. The van der Waals surface area contributed by atoms with Crippen LogP contribution in [0.25, 0.3) is 0 Å². The Balaban J connectivity index is 1.89. The quantitative estimate of drug-likeness (QED) is 0.137. The van der Waals surface area contributed by atoms with Crippen molar-refractivity contribution >= 4 is 43.5 Å². The van der Waals surface area contributed by atoms with E-state index in [-0.39, 0.29) is 46.9 Å². The topological polar surface area (TPSA) is 124 Å². The molecule has 1 atom stereocenters. The van der Waals surface area contributed by atoms with Crippen molar-refractivity contribution < 1.29 is 37.0 Å². The number of carbonyl (C=O) groups is 2. The first-order valence-electron chi connectivity index (χ1n) is 16.2. The molecular formula is C38H44BrN3O8S. The van der Waals surface area contributed by atoms with Crippen LogP contribution in [0.4, 0.5) is 5.69 Å². The highest BCUT2D eigenvalue weighted by Gasteiger charge is 2.36. The fourth-order valence-electron chi connectivity index (χ4n) is 5.37. The summed E-state index contributed by atoms with van der Waals surface area (Å²) in [6.07, 6.45) is 0.192. The molecule has 0 fully saturated rings. The van der Waals surface area contributed by atoms with E-state index in [0.29, 0.717) is 18.0 Å². The van der Waals surface area contributed by atoms with Crippen LogP contribution in [-0.4, -0.2) is 72.7 Å². The number of hydrogen-bond donors (Lipinski definition) is 1. The minimum absolute atomic E-state index is 0.0260. The number of ether oxygens (including phenoxy) is 4. The molecule has 0 spiro atoms. The molecule has 13 heteroatoms. The Bertz CT molecular complexity index is 1890. The number of hydrogen-bond acceptors (Lipinski definition) is 8. The predicted molar refractivity (Wildman–Crippen MR) is 200 cm³/mol. The van der Waals surface area contributed by atoms with E-state index in [2.05, 4.69) is 21.2 Å². The molecule has 1 N–H and O–H groups in total. The summed E-state index contributed by atoms with van der Waals surface area (Å²) in [5, 5.41) is 3.00. The van der Waals surface area contributed by atoms with E-state index >= 15 is 0 Å². The first-order valence-corrected chi connectivity index (χ1v) is 18.5. The highest BCUT2D eigenvalue weighted by molar-refractivity contribution is 9.10. The van der Waals surface area contributed by atoms with Gasteiger partial charge < -0.3 is 29.2 Å². The van der Waals surface area contributed by atoms with Crippen LogP contribution in [0.15, 0.2) is 100 Å². The van der Waals surface area contributed by atoms with Crippen LogP contribution >= 0.6 is 15.9 Å². The van der Waals surface area contributed by atoms with Crippen LogP contribution in [0, 0.1) is 5.92 Å². The van der Waals surface area contributed by atoms with E-state index in [0.717, 1.165) is 19.9 Å². The Labute approximate surface area is 308 Å². The third kappa shape index (κ3) is 9.95. The van der Waals surface area contributed by atoms with Gasteiger partial charge in [0.05, 0.1) is 39.0 Å². The van der Waals surface area contributed by atoms with Crippen molar-refractivity contribution in [1.82, 2.24) is 10.2 Å². The third-order valence-corrected chi connectivity index (χ3v) is 10.4. The van der Waals surface area contributed by atoms with Crippen molar-refractivity contribution in [2.24, 2.45) is 5.92 Å². The zero-order chi connectivity index (χ0) is 37.1. The van der Waals surface area contributed by atoms with Gasteiger partial charge in [-0.3, -0.25) is 13.9 Å². The first-order chi connectivity index (χ1) is 24.4. The van der Waals surface area contributed by atoms with Gasteiger partial charge in [0, 0.05) is 36.1 Å². The van der Waals surface area contributed by atoms with E-state index in [1.165, 1.54) is 57.6 Å². The average molecular weight is 783 g/mol. The molecule has 0 bridgehead atoms. The Morgan fingerprint density at radius 2 is 1.41 bits per heavy atom. The largest absolute Gasteiger partial charge is 0.497 e. The Morgan fingerprint density at radius 3 is 2.02 bits per heavy atom. The summed E-state index contributed by atoms with van der Waals surface area (Å²) in [4.78, 5) is 30.1. The van der Waals surface area contributed by atoms with Crippen molar-refractivity contribution in [2.45, 2.75) is 37.8 Å². The van der Waals surface area contributed by atoms with Gasteiger partial charge in [0.15, 0.2) is 11.5 Å². The molecule has 0 saturated carbocycles. The van der Waals surface area contributed by atoms with Gasteiger partial charge in [-0.25, -0.2) is 8.42 Å². The second kappa shape index (κ2) is 18.0. The smallest absolute Gasteiger partial charge is 0.265 e. The van der Waals surface area contributed by atoms with E-state index < -0.39 is 28.5 Å². The zero-order valence-electron chi connectivity index (χ0n) is 29.6. The van der Waals surface area contributed by atoms with Crippen LogP contribution in [-0.2, 0) is 32.6 Å². The van der Waals surface area contributed by atoms with E-state index in [9.17, 15) is 18.0 Å². The van der Waals surface area contributed by atoms with E-state index in [4.69, 9.17) is 18.9 Å². The maximum Gasteiger partial charge on any atom is 0.265 e. The number of anilines is 1. The number of nitrogens with zero attached hydrogens (tertiary/aromatic N) is 2. The molecule has 0 aliphatic rings. The van der Waals surface area contributed by atoms with Gasteiger partial charge in [-0.1, -0.05) is 72.2 Å². The molecule has 0 aliphatic heterocycles. The summed E-state index contributed by atoms with van der Waals surface area (Å²) >= 11 is 3.46. The molecule has 0 aromatic heterocycles. The number of amides is 2. The van der Waals surface area contributed by atoms with Crippen LogP contribution in [0.2, 0.25) is 0 Å². The second-order valence-corrected chi connectivity index (χ2v) is 14.8. The highest BCUT2D eigenvalue weighted by atomic mass is 79.9. The van der Waals surface area contributed by atoms with Gasteiger partial charge >= 0.3 is 0 Å². The molecule has 0 radical (unpaired) electrons. The lowest BCUT2D eigenvalue weighted by Crippen LogP contribution is -2.53. The highest BCUT2D eigenvalue weighted by Crippen LogP contribution is 2.38. The van der Waals surface area contributed by atoms with Gasteiger partial charge in [-0.15, -0.1) is 0 Å². The number of sulfonamides is 1. The normalized spacial score (nSPS) is 11.8. The lowest BCUT2D eigenvalue weighted by atomic mass is 10.0. The Hall–Kier alpha value is -4.75. The van der Waals surface area contributed by atoms with Gasteiger partial charge in [0.1, 0.15) is 24.1 Å². The number of methoxy groups -OCH3 is 4. The van der Waals surface area contributed by atoms with Gasteiger partial charge in [-0.05, 0) is 53.4 Å². The minimum atomic E-state index is -4.49. The van der Waals surface area contributed by atoms with Crippen molar-refractivity contribution in [3.8, 4) is 23.0 Å². The zero-order valence-corrected chi connectivity index (χ0v) is 32.0. The number of carbonyl (C=O) groups excluding carboxylic acids is 2. The molecule has 0 saturated heterocycles. The first kappa shape index (κ1) is 39.0. The summed E-state index contributed by atoms with van der Waals surface area (Å²) in [7, 11) is 1.21. The Morgan fingerprint density at radius 1 is 0.765 bits per heavy atom. The van der Waals surface area contributed by atoms with Crippen molar-refractivity contribution in [3.63, 3.8) is 0 Å².